The Balaban J connectivity index is 1.45. The monoisotopic (exact) mass is 464 g/mol. The molecule has 1 aromatic carbocycles. The molecule has 33 heavy (non-hydrogen) atoms. The van der Waals surface area contributed by atoms with Crippen LogP contribution in [-0.2, 0) is 9.53 Å². The predicted octanol–water partition coefficient (Wildman–Crippen LogP) is 7.18. The van der Waals surface area contributed by atoms with Crippen LogP contribution in [-0.4, -0.2) is 21.1 Å². The maximum absolute atomic E-state index is 12.5. The van der Waals surface area contributed by atoms with Crippen LogP contribution in [0.25, 0.3) is 16.7 Å². The average Bonchev–Trinajstić information content (AvgIpc) is 3.29. The van der Waals surface area contributed by atoms with Gasteiger partial charge in [-0.3, -0.25) is 9.36 Å². The Kier molecular flexibility index (Phi) is 4.69. The van der Waals surface area contributed by atoms with E-state index in [1.165, 1.54) is 24.1 Å². The molecular formula is C28H33ClN2O2. The van der Waals surface area contributed by atoms with Crippen LogP contribution in [0.2, 0.25) is 5.28 Å². The molecule has 0 amide bonds. The van der Waals surface area contributed by atoms with Crippen molar-refractivity contribution >= 4 is 34.3 Å². The third-order valence-electron chi connectivity index (χ3n) is 9.79. The van der Waals surface area contributed by atoms with Crippen LogP contribution in [0, 0.1) is 22.7 Å². The molecule has 5 heteroatoms. The predicted molar refractivity (Wildman–Crippen MR) is 132 cm³/mol. The van der Waals surface area contributed by atoms with E-state index in [1.807, 2.05) is 12.1 Å². The highest BCUT2D eigenvalue weighted by Gasteiger charge is 2.66. The number of esters is 1. The van der Waals surface area contributed by atoms with Crippen LogP contribution in [0.15, 0.2) is 42.0 Å². The zero-order valence-electron chi connectivity index (χ0n) is 19.9. The van der Waals surface area contributed by atoms with E-state index >= 15 is 0 Å². The molecule has 2 saturated carbocycles. The number of allylic oxidation sites excluding steroid dienone is 3. The topological polar surface area (TPSA) is 44.1 Å². The second kappa shape index (κ2) is 7.21. The van der Waals surface area contributed by atoms with Crippen LogP contribution in [0.5, 0.6) is 0 Å². The lowest BCUT2D eigenvalue weighted by atomic mass is 9.45. The number of fused-ring (bicyclic) bond motifs is 6. The molecule has 0 aliphatic heterocycles. The van der Waals surface area contributed by atoms with Gasteiger partial charge in [0.05, 0.1) is 11.0 Å². The van der Waals surface area contributed by atoms with Gasteiger partial charge in [0.25, 0.3) is 0 Å². The average molecular weight is 465 g/mol. The zero-order valence-corrected chi connectivity index (χ0v) is 20.6. The van der Waals surface area contributed by atoms with Gasteiger partial charge in [0.15, 0.2) is 0 Å². The quantitative estimate of drug-likeness (QED) is 0.349. The molecule has 4 nitrogen and oxygen atoms in total. The summed E-state index contributed by atoms with van der Waals surface area (Å²) in [6.07, 6.45) is 13.5. The summed E-state index contributed by atoms with van der Waals surface area (Å²) in [5.41, 5.74) is 4.31. The summed E-state index contributed by atoms with van der Waals surface area (Å²) in [5.74, 6) is 0.593. The van der Waals surface area contributed by atoms with Crippen molar-refractivity contribution in [2.24, 2.45) is 22.7 Å². The van der Waals surface area contributed by atoms with Gasteiger partial charge < -0.3 is 4.74 Å². The minimum Gasteiger partial charge on any atom is -0.458 e. The summed E-state index contributed by atoms with van der Waals surface area (Å²) in [6, 6.07) is 8.19. The molecule has 0 bridgehead atoms. The van der Waals surface area contributed by atoms with Crippen molar-refractivity contribution < 1.29 is 9.53 Å². The number of aromatic nitrogens is 2. The maximum atomic E-state index is 12.5. The highest BCUT2D eigenvalue weighted by Crippen LogP contribution is 2.68. The Bertz CT molecular complexity index is 1210. The normalized spacial score (nSPS) is 37.6. The number of rotatable bonds is 2. The molecule has 2 fully saturated rings. The van der Waals surface area contributed by atoms with Crippen molar-refractivity contribution in [1.82, 2.24) is 9.55 Å². The summed E-state index contributed by atoms with van der Waals surface area (Å²) in [4.78, 5) is 17.1. The number of carbonyl (C=O) groups excluding carboxylic acids is 1. The molecule has 2 aromatic rings. The number of hydrogen-bond donors (Lipinski definition) is 0. The van der Waals surface area contributed by atoms with Gasteiger partial charge in [0.2, 0.25) is 5.28 Å². The lowest BCUT2D eigenvalue weighted by molar-refractivity contribution is -0.211. The fourth-order valence-corrected chi connectivity index (χ4v) is 8.49. The lowest BCUT2D eigenvalue weighted by Crippen LogP contribution is -2.64. The van der Waals surface area contributed by atoms with E-state index in [4.69, 9.17) is 16.3 Å². The van der Waals surface area contributed by atoms with E-state index in [0.29, 0.717) is 17.1 Å². The van der Waals surface area contributed by atoms with Gasteiger partial charge in [-0.05, 0) is 74.6 Å². The molecule has 1 aromatic heterocycles. The lowest BCUT2D eigenvalue weighted by Gasteiger charge is -2.63. The van der Waals surface area contributed by atoms with Crippen LogP contribution in [0.1, 0.15) is 72.1 Å². The first-order valence-electron chi connectivity index (χ1n) is 12.5. The first-order valence-corrected chi connectivity index (χ1v) is 12.9. The Hall–Kier alpha value is -2.07. The second-order valence-corrected chi connectivity index (χ2v) is 11.5. The highest BCUT2D eigenvalue weighted by atomic mass is 35.5. The van der Waals surface area contributed by atoms with Crippen LogP contribution in [0.3, 0.4) is 0 Å². The summed E-state index contributed by atoms with van der Waals surface area (Å²) in [7, 11) is 0. The van der Waals surface area contributed by atoms with Crippen molar-refractivity contribution in [1.29, 1.82) is 0 Å². The number of hydrogen-bond acceptors (Lipinski definition) is 3. The van der Waals surface area contributed by atoms with Crippen molar-refractivity contribution in [3.8, 4) is 0 Å². The molecule has 5 atom stereocenters. The molecule has 6 rings (SSSR count). The third-order valence-corrected chi connectivity index (χ3v) is 10.0. The van der Waals surface area contributed by atoms with Crippen molar-refractivity contribution in [2.75, 3.05) is 0 Å². The summed E-state index contributed by atoms with van der Waals surface area (Å²) in [5, 5.41) is 0.534. The Morgan fingerprint density at radius 2 is 1.88 bits per heavy atom. The van der Waals surface area contributed by atoms with E-state index in [-0.39, 0.29) is 16.8 Å². The number of para-hydroxylation sites is 2. The Morgan fingerprint density at radius 3 is 2.70 bits per heavy atom. The number of nitrogens with zero attached hydrogens (tertiary/aromatic N) is 2. The van der Waals surface area contributed by atoms with Gasteiger partial charge in [-0.2, -0.15) is 0 Å². The Morgan fingerprint density at radius 1 is 1.09 bits per heavy atom. The van der Waals surface area contributed by atoms with Gasteiger partial charge >= 0.3 is 5.97 Å². The molecule has 0 spiro atoms. The summed E-state index contributed by atoms with van der Waals surface area (Å²) in [6.45, 7) is 6.39. The number of halogens is 1. The van der Waals surface area contributed by atoms with E-state index in [2.05, 4.69) is 47.7 Å². The number of carbonyl (C=O) groups is 1. The fraction of sp³-hybridized carbons (Fsp3) is 0.571. The first-order chi connectivity index (χ1) is 15.8. The molecule has 174 valence electrons. The van der Waals surface area contributed by atoms with E-state index in [1.54, 1.807) is 6.92 Å². The fourth-order valence-electron chi connectivity index (χ4n) is 8.22. The molecular weight excluding hydrogens is 432 g/mol. The molecule has 1 unspecified atom stereocenters. The molecule has 1 heterocycles. The Labute approximate surface area is 201 Å². The molecule has 4 aliphatic carbocycles. The van der Waals surface area contributed by atoms with Gasteiger partial charge in [0.1, 0.15) is 5.60 Å². The highest BCUT2D eigenvalue weighted by molar-refractivity contribution is 6.29. The second-order valence-electron chi connectivity index (χ2n) is 11.1. The number of benzene rings is 1. The zero-order chi connectivity index (χ0) is 23.0. The van der Waals surface area contributed by atoms with Crippen LogP contribution >= 0.6 is 11.6 Å². The van der Waals surface area contributed by atoms with E-state index in [9.17, 15) is 4.79 Å². The van der Waals surface area contributed by atoms with Gasteiger partial charge in [0, 0.05) is 29.4 Å². The van der Waals surface area contributed by atoms with Gasteiger partial charge in [-0.15, -0.1) is 0 Å². The largest absolute Gasteiger partial charge is 0.458 e. The smallest absolute Gasteiger partial charge is 0.303 e. The molecule has 0 saturated heterocycles. The first kappa shape index (κ1) is 21.5. The maximum Gasteiger partial charge on any atom is 0.303 e. The molecule has 0 radical (unpaired) electrons. The van der Waals surface area contributed by atoms with Crippen LogP contribution in [0.4, 0.5) is 0 Å². The van der Waals surface area contributed by atoms with Gasteiger partial charge in [-0.25, -0.2) is 4.98 Å². The third kappa shape index (κ3) is 2.76. The molecule has 0 N–H and O–H groups in total. The SMILES string of the molecule is CC(=O)OC12CC[C@]3(C)C(n4c(Cl)nc5ccccc54)=CC[C@H]3[C@@H]1CC=C1CCCC[C@@]12C. The van der Waals surface area contributed by atoms with Crippen LogP contribution < -0.4 is 0 Å². The minimum absolute atomic E-state index is 0.0300. The van der Waals surface area contributed by atoms with Crippen molar-refractivity contribution in [2.45, 2.75) is 77.7 Å². The standard InChI is InChI=1S/C28H33ClN2O2/c1-18(32)33-28-17-16-26(2)20(21(28)12-11-19-8-6-7-15-27(19,28)3)13-14-24(26)31-23-10-5-4-9-22(23)30-25(31)29/h4-5,9-11,14,20-21H,6-8,12-13,15-17H2,1-3H3/t20-,21-,26-,27-,28?/m0/s1. The number of imidazole rings is 1. The summed E-state index contributed by atoms with van der Waals surface area (Å²) >= 11 is 6.72. The van der Waals surface area contributed by atoms with Crippen molar-refractivity contribution in [3.05, 3.63) is 47.3 Å². The van der Waals surface area contributed by atoms with E-state index in [0.717, 1.165) is 49.6 Å². The number of ether oxygens (including phenoxy) is 1. The minimum atomic E-state index is -0.405. The van der Waals surface area contributed by atoms with Crippen molar-refractivity contribution in [3.63, 3.8) is 0 Å². The van der Waals surface area contributed by atoms with E-state index < -0.39 is 5.60 Å². The molecule has 4 aliphatic rings. The van der Waals surface area contributed by atoms with Gasteiger partial charge in [-0.1, -0.05) is 50.1 Å². The summed E-state index contributed by atoms with van der Waals surface area (Å²) < 4.78 is 8.65.